The van der Waals surface area contributed by atoms with E-state index in [0.29, 0.717) is 6.42 Å². The maximum Gasteiger partial charge on any atom is 0.331 e. The van der Waals surface area contributed by atoms with Crippen molar-refractivity contribution in [3.63, 3.8) is 0 Å². The quantitative estimate of drug-likeness (QED) is 0.397. The molecule has 3 N–H and O–H groups in total. The molecule has 4 rings (SSSR count). The number of aromatic amines is 1. The van der Waals surface area contributed by atoms with E-state index in [0.717, 1.165) is 37.6 Å². The number of halogens is 2. The first-order chi connectivity index (χ1) is 16.3. The van der Waals surface area contributed by atoms with Crippen LogP contribution in [0.25, 0.3) is 10.9 Å². The summed E-state index contributed by atoms with van der Waals surface area (Å²) in [7, 11) is 0. The molecule has 8 heteroatoms. The predicted octanol–water partition coefficient (Wildman–Crippen LogP) is 4.36. The molecule has 1 aromatic carbocycles. The topological polar surface area (TPSA) is 91.4 Å². The van der Waals surface area contributed by atoms with Gasteiger partial charge in [-0.15, -0.1) is 0 Å². The predicted molar refractivity (Wildman–Crippen MR) is 124 cm³/mol. The molecule has 0 radical (unpaired) electrons. The standard InChI is InChI=1S/C26H34F2N2O4/c1-2-4-20(23(32)30-22(15-31)24(33)34-16-17-13-26(27,28)14-17)25(10-11-25)9-7-18-5-3-6-21-19(18)8-12-29-21/h3,5-6,8,12,17,20,22,29,31H,2,4,7,9-11,13-16H2,1H3,(H,30,32)/t20-,22-/m1/s1. The van der Waals surface area contributed by atoms with Crippen molar-refractivity contribution in [3.05, 3.63) is 36.0 Å². The van der Waals surface area contributed by atoms with Gasteiger partial charge in [0, 0.05) is 41.8 Å². The Kier molecular flexibility index (Phi) is 7.26. The maximum absolute atomic E-state index is 13.2. The highest BCUT2D eigenvalue weighted by Gasteiger charge is 2.51. The molecule has 34 heavy (non-hydrogen) atoms. The summed E-state index contributed by atoms with van der Waals surface area (Å²) in [6.07, 6.45) is 6.51. The Balaban J connectivity index is 1.35. The van der Waals surface area contributed by atoms with Gasteiger partial charge in [-0.3, -0.25) is 4.79 Å². The van der Waals surface area contributed by atoms with E-state index in [1.165, 1.54) is 10.9 Å². The fraction of sp³-hybridized carbons (Fsp3) is 0.615. The van der Waals surface area contributed by atoms with Crippen LogP contribution in [0.4, 0.5) is 8.78 Å². The monoisotopic (exact) mass is 476 g/mol. The van der Waals surface area contributed by atoms with E-state index in [2.05, 4.69) is 22.4 Å². The molecule has 2 aromatic rings. The summed E-state index contributed by atoms with van der Waals surface area (Å²) in [5, 5.41) is 13.6. The Morgan fingerprint density at radius 1 is 1.26 bits per heavy atom. The van der Waals surface area contributed by atoms with Crippen LogP contribution in [-0.4, -0.2) is 47.1 Å². The Labute approximate surface area is 198 Å². The minimum Gasteiger partial charge on any atom is -0.464 e. The molecule has 2 atom stereocenters. The van der Waals surface area contributed by atoms with Gasteiger partial charge in [0.2, 0.25) is 11.8 Å². The minimum atomic E-state index is -2.68. The number of benzene rings is 1. The number of aliphatic hydroxyl groups excluding tert-OH is 1. The second-order valence-electron chi connectivity index (χ2n) is 10.1. The zero-order chi connectivity index (χ0) is 24.3. The van der Waals surface area contributed by atoms with E-state index >= 15 is 0 Å². The molecule has 2 fully saturated rings. The van der Waals surface area contributed by atoms with Crippen molar-refractivity contribution >= 4 is 22.8 Å². The molecule has 0 bridgehead atoms. The third kappa shape index (κ3) is 5.43. The lowest BCUT2D eigenvalue weighted by atomic mass is 9.80. The van der Waals surface area contributed by atoms with Crippen LogP contribution in [0.1, 0.15) is 57.4 Å². The van der Waals surface area contributed by atoms with Crippen LogP contribution in [0.5, 0.6) is 0 Å². The van der Waals surface area contributed by atoms with Crippen LogP contribution in [0.15, 0.2) is 30.5 Å². The molecule has 6 nitrogen and oxygen atoms in total. The van der Waals surface area contributed by atoms with E-state index in [1.807, 2.05) is 25.3 Å². The van der Waals surface area contributed by atoms with Gasteiger partial charge in [0.05, 0.1) is 13.2 Å². The number of carbonyl (C=O) groups excluding carboxylic acids is 2. The van der Waals surface area contributed by atoms with E-state index in [4.69, 9.17) is 4.74 Å². The summed E-state index contributed by atoms with van der Waals surface area (Å²) in [6, 6.07) is 7.09. The highest BCUT2D eigenvalue weighted by molar-refractivity contribution is 5.86. The lowest BCUT2D eigenvalue weighted by molar-refractivity contribution is -0.161. The number of nitrogens with one attached hydrogen (secondary N) is 2. The first-order valence-electron chi connectivity index (χ1n) is 12.3. The average molecular weight is 477 g/mol. The van der Waals surface area contributed by atoms with Crippen molar-refractivity contribution in [2.75, 3.05) is 13.2 Å². The van der Waals surface area contributed by atoms with Gasteiger partial charge in [0.25, 0.3) is 0 Å². The molecular formula is C26H34F2N2O4. The minimum absolute atomic E-state index is 0.111. The van der Waals surface area contributed by atoms with Crippen molar-refractivity contribution in [2.45, 2.75) is 70.3 Å². The summed E-state index contributed by atoms with van der Waals surface area (Å²) < 4.78 is 31.1. The lowest BCUT2D eigenvalue weighted by Gasteiger charge is -2.34. The van der Waals surface area contributed by atoms with Gasteiger partial charge in [0.1, 0.15) is 0 Å². The van der Waals surface area contributed by atoms with Crippen LogP contribution in [0, 0.1) is 17.3 Å². The van der Waals surface area contributed by atoms with Gasteiger partial charge < -0.3 is 20.1 Å². The second kappa shape index (κ2) is 10.0. The Morgan fingerprint density at radius 3 is 2.68 bits per heavy atom. The smallest absolute Gasteiger partial charge is 0.331 e. The van der Waals surface area contributed by atoms with E-state index in [-0.39, 0.29) is 42.6 Å². The van der Waals surface area contributed by atoms with Crippen molar-refractivity contribution in [2.24, 2.45) is 17.3 Å². The molecule has 2 aliphatic carbocycles. The number of alkyl halides is 2. The zero-order valence-corrected chi connectivity index (χ0v) is 19.6. The number of aliphatic hydroxyl groups is 1. The van der Waals surface area contributed by atoms with E-state index in [9.17, 15) is 23.5 Å². The fourth-order valence-electron chi connectivity index (χ4n) is 5.34. The Hall–Kier alpha value is -2.48. The molecule has 0 aliphatic heterocycles. The first-order valence-corrected chi connectivity index (χ1v) is 12.3. The van der Waals surface area contributed by atoms with Gasteiger partial charge in [-0.1, -0.05) is 25.5 Å². The highest BCUT2D eigenvalue weighted by Crippen LogP contribution is 2.57. The summed E-state index contributed by atoms with van der Waals surface area (Å²) in [5.74, 6) is -4.33. The van der Waals surface area contributed by atoms with Crippen LogP contribution in [-0.2, 0) is 20.7 Å². The third-order valence-electron chi connectivity index (χ3n) is 7.52. The third-order valence-corrected chi connectivity index (χ3v) is 7.52. The molecule has 0 saturated heterocycles. The number of aryl methyl sites for hydroxylation is 1. The summed E-state index contributed by atoms with van der Waals surface area (Å²) >= 11 is 0. The SMILES string of the molecule is CCC[C@H](C(=O)N[C@H](CO)C(=O)OCC1CC(F)(F)C1)C1(CCc2cccc3[nH]ccc23)CC1. The van der Waals surface area contributed by atoms with Gasteiger partial charge >= 0.3 is 5.97 Å². The number of carbonyl (C=O) groups is 2. The molecule has 2 aliphatic rings. The van der Waals surface area contributed by atoms with E-state index in [1.54, 1.807) is 0 Å². The molecule has 186 valence electrons. The van der Waals surface area contributed by atoms with Crippen molar-refractivity contribution in [1.29, 1.82) is 0 Å². The summed E-state index contributed by atoms with van der Waals surface area (Å²) in [5.41, 5.74) is 2.24. The number of amides is 1. The number of esters is 1. The number of hydrogen-bond donors (Lipinski definition) is 3. The Bertz CT molecular complexity index is 1010. The van der Waals surface area contributed by atoms with E-state index < -0.39 is 24.5 Å². The number of hydrogen-bond acceptors (Lipinski definition) is 4. The summed E-state index contributed by atoms with van der Waals surface area (Å²) in [4.78, 5) is 28.8. The van der Waals surface area contributed by atoms with Crippen molar-refractivity contribution in [1.82, 2.24) is 10.3 Å². The molecule has 1 aromatic heterocycles. The van der Waals surface area contributed by atoms with Crippen molar-refractivity contribution in [3.8, 4) is 0 Å². The lowest BCUT2D eigenvalue weighted by Crippen LogP contribution is -2.49. The fourth-order valence-corrected chi connectivity index (χ4v) is 5.34. The van der Waals surface area contributed by atoms with Crippen LogP contribution < -0.4 is 5.32 Å². The van der Waals surface area contributed by atoms with Gasteiger partial charge in [0.15, 0.2) is 6.04 Å². The number of H-pyrrole nitrogens is 1. The van der Waals surface area contributed by atoms with Crippen LogP contribution in [0.2, 0.25) is 0 Å². The molecule has 2 saturated carbocycles. The van der Waals surface area contributed by atoms with Gasteiger partial charge in [-0.2, -0.15) is 0 Å². The van der Waals surface area contributed by atoms with Crippen molar-refractivity contribution < 1.29 is 28.2 Å². The zero-order valence-electron chi connectivity index (χ0n) is 19.6. The molecule has 1 heterocycles. The summed E-state index contributed by atoms with van der Waals surface area (Å²) in [6.45, 7) is 1.32. The number of fused-ring (bicyclic) bond motifs is 1. The first kappa shape index (κ1) is 24.6. The molecule has 1 amide bonds. The van der Waals surface area contributed by atoms with Crippen LogP contribution >= 0.6 is 0 Å². The molecular weight excluding hydrogens is 442 g/mol. The van der Waals surface area contributed by atoms with Gasteiger partial charge in [-0.05, 0) is 55.2 Å². The van der Waals surface area contributed by atoms with Gasteiger partial charge in [-0.25, -0.2) is 13.6 Å². The Morgan fingerprint density at radius 2 is 2.03 bits per heavy atom. The molecule has 0 spiro atoms. The number of aromatic nitrogens is 1. The maximum atomic E-state index is 13.2. The highest BCUT2D eigenvalue weighted by atomic mass is 19.3. The average Bonchev–Trinajstić information content (AvgIpc) is 3.42. The largest absolute Gasteiger partial charge is 0.464 e. The second-order valence-corrected chi connectivity index (χ2v) is 10.1. The number of ether oxygens (including phenoxy) is 1. The molecule has 0 unspecified atom stereocenters. The van der Waals surface area contributed by atoms with Crippen LogP contribution in [0.3, 0.4) is 0 Å². The normalized spacial score (nSPS) is 20.4. The number of rotatable bonds is 12.